The predicted molar refractivity (Wildman–Crippen MR) is 85.8 cm³/mol. The molecule has 0 radical (unpaired) electrons. The zero-order valence-electron chi connectivity index (χ0n) is 12.8. The first-order chi connectivity index (χ1) is 10.5. The molecular weight excluding hydrogens is 282 g/mol. The van der Waals surface area contributed by atoms with Crippen LogP contribution in [0.4, 0.5) is 0 Å². The van der Waals surface area contributed by atoms with Gasteiger partial charge in [0.25, 0.3) is 0 Å². The zero-order chi connectivity index (χ0) is 16.4. The quantitative estimate of drug-likeness (QED) is 0.331. The number of nitrogens with zero attached hydrogens (tertiary/aromatic N) is 1. The smallest absolute Gasteiger partial charge is 0.249 e. The molecule has 0 aliphatic rings. The number of ether oxygens (including phenoxy) is 1. The molecule has 1 rings (SSSR count). The lowest BCUT2D eigenvalue weighted by molar-refractivity contribution is -0.129. The van der Waals surface area contributed by atoms with Gasteiger partial charge in [-0.15, -0.1) is 0 Å². The summed E-state index contributed by atoms with van der Waals surface area (Å²) >= 11 is 0. The lowest BCUT2D eigenvalue weighted by Gasteiger charge is -2.07. The summed E-state index contributed by atoms with van der Waals surface area (Å²) in [5.74, 6) is -0.109. The first kappa shape index (κ1) is 17.4. The van der Waals surface area contributed by atoms with Crippen LogP contribution in [0, 0.1) is 0 Å². The van der Waals surface area contributed by atoms with Crippen LogP contribution in [0.15, 0.2) is 42.0 Å². The zero-order valence-corrected chi connectivity index (χ0v) is 12.8. The van der Waals surface area contributed by atoms with Gasteiger partial charge in [0.2, 0.25) is 11.8 Å². The van der Waals surface area contributed by atoms with E-state index in [2.05, 4.69) is 22.4 Å². The first-order valence-corrected chi connectivity index (χ1v) is 6.96. The van der Waals surface area contributed by atoms with Crippen molar-refractivity contribution >= 4 is 18.0 Å². The molecular formula is C16H21N3O3. The molecule has 0 bridgehead atoms. The Bertz CT molecular complexity index is 553. The van der Waals surface area contributed by atoms with Crippen molar-refractivity contribution in [3.63, 3.8) is 0 Å². The number of benzene rings is 1. The second-order valence-corrected chi connectivity index (χ2v) is 4.86. The van der Waals surface area contributed by atoms with Crippen molar-refractivity contribution in [2.45, 2.75) is 26.3 Å². The molecule has 0 aliphatic heterocycles. The maximum absolute atomic E-state index is 11.5. The molecule has 2 amide bonds. The fourth-order valence-electron chi connectivity index (χ4n) is 1.58. The molecule has 0 atom stereocenters. The van der Waals surface area contributed by atoms with E-state index in [9.17, 15) is 9.59 Å². The van der Waals surface area contributed by atoms with Crippen LogP contribution in [0.3, 0.4) is 0 Å². The standard InChI is InChI=1S/C16H21N3O3/c1-4-8-22-14-7-5-6-13(9-14)11-17-19-16(21)10-15(20)18-12(2)3/h4-7,9,11-12H,1,8,10H2,2-3H3,(H,18,20)(H,19,21)/b17-11+. The van der Waals surface area contributed by atoms with Crippen molar-refractivity contribution in [2.24, 2.45) is 5.10 Å². The van der Waals surface area contributed by atoms with Gasteiger partial charge in [-0.25, -0.2) is 5.43 Å². The van der Waals surface area contributed by atoms with E-state index in [0.717, 1.165) is 5.56 Å². The van der Waals surface area contributed by atoms with Crippen LogP contribution in [0.5, 0.6) is 5.75 Å². The number of amides is 2. The number of hydrogen-bond donors (Lipinski definition) is 2. The molecule has 0 fully saturated rings. The maximum atomic E-state index is 11.5. The molecule has 2 N–H and O–H groups in total. The maximum Gasteiger partial charge on any atom is 0.249 e. The Morgan fingerprint density at radius 2 is 2.14 bits per heavy atom. The van der Waals surface area contributed by atoms with Gasteiger partial charge in [-0.05, 0) is 31.5 Å². The van der Waals surface area contributed by atoms with E-state index >= 15 is 0 Å². The van der Waals surface area contributed by atoms with Gasteiger partial charge in [-0.1, -0.05) is 24.8 Å². The highest BCUT2D eigenvalue weighted by molar-refractivity contribution is 5.97. The molecule has 22 heavy (non-hydrogen) atoms. The van der Waals surface area contributed by atoms with E-state index < -0.39 is 5.91 Å². The number of nitrogens with one attached hydrogen (secondary N) is 2. The molecule has 0 aliphatic carbocycles. The lowest BCUT2D eigenvalue weighted by Crippen LogP contribution is -2.34. The van der Waals surface area contributed by atoms with E-state index in [1.54, 1.807) is 12.1 Å². The summed E-state index contributed by atoms with van der Waals surface area (Å²) in [5.41, 5.74) is 3.08. The molecule has 0 unspecified atom stereocenters. The number of rotatable bonds is 8. The number of carbonyl (C=O) groups excluding carboxylic acids is 2. The summed E-state index contributed by atoms with van der Waals surface area (Å²) < 4.78 is 5.39. The molecule has 118 valence electrons. The Balaban J connectivity index is 2.46. The molecule has 0 heterocycles. The molecule has 6 nitrogen and oxygen atoms in total. The van der Waals surface area contributed by atoms with E-state index in [-0.39, 0.29) is 18.4 Å². The summed E-state index contributed by atoms with van der Waals surface area (Å²) in [7, 11) is 0. The minimum Gasteiger partial charge on any atom is -0.490 e. The van der Waals surface area contributed by atoms with Gasteiger partial charge in [0, 0.05) is 6.04 Å². The van der Waals surface area contributed by atoms with Gasteiger partial charge in [-0.2, -0.15) is 5.10 Å². The Hall–Kier alpha value is -2.63. The molecule has 1 aromatic carbocycles. The van der Waals surface area contributed by atoms with E-state index in [1.165, 1.54) is 6.21 Å². The van der Waals surface area contributed by atoms with Gasteiger partial charge in [0.15, 0.2) is 0 Å². The summed E-state index contributed by atoms with van der Waals surface area (Å²) in [6, 6.07) is 7.24. The van der Waals surface area contributed by atoms with Crippen LogP contribution in [0.25, 0.3) is 0 Å². The van der Waals surface area contributed by atoms with E-state index in [0.29, 0.717) is 12.4 Å². The highest BCUT2D eigenvalue weighted by Crippen LogP contribution is 2.11. The van der Waals surface area contributed by atoms with Gasteiger partial charge >= 0.3 is 0 Å². The monoisotopic (exact) mass is 303 g/mol. The fraction of sp³-hybridized carbons (Fsp3) is 0.312. The van der Waals surface area contributed by atoms with Crippen LogP contribution in [-0.2, 0) is 9.59 Å². The van der Waals surface area contributed by atoms with Crippen molar-refractivity contribution in [3.8, 4) is 5.75 Å². The SMILES string of the molecule is C=CCOc1cccc(/C=N/NC(=O)CC(=O)NC(C)C)c1. The molecule has 0 spiro atoms. The van der Waals surface area contributed by atoms with Crippen LogP contribution in [0.1, 0.15) is 25.8 Å². The largest absolute Gasteiger partial charge is 0.490 e. The number of hydrazone groups is 1. The van der Waals surface area contributed by atoms with Crippen LogP contribution in [-0.4, -0.2) is 30.7 Å². The van der Waals surface area contributed by atoms with Gasteiger partial charge in [0.1, 0.15) is 18.8 Å². The van der Waals surface area contributed by atoms with Gasteiger partial charge < -0.3 is 10.1 Å². The van der Waals surface area contributed by atoms with Crippen molar-refractivity contribution in [2.75, 3.05) is 6.61 Å². The molecule has 0 saturated heterocycles. The lowest BCUT2D eigenvalue weighted by atomic mass is 10.2. The molecule has 6 heteroatoms. The molecule has 0 saturated carbocycles. The minimum atomic E-state index is -0.464. The topological polar surface area (TPSA) is 79.8 Å². The van der Waals surface area contributed by atoms with Crippen LogP contribution < -0.4 is 15.5 Å². The summed E-state index contributed by atoms with van der Waals surface area (Å²) in [5, 5.41) is 6.45. The Labute approximate surface area is 130 Å². The Morgan fingerprint density at radius 1 is 1.36 bits per heavy atom. The van der Waals surface area contributed by atoms with Gasteiger partial charge in [0.05, 0.1) is 6.21 Å². The first-order valence-electron chi connectivity index (χ1n) is 6.96. The highest BCUT2D eigenvalue weighted by atomic mass is 16.5. The van der Waals surface area contributed by atoms with E-state index in [4.69, 9.17) is 4.74 Å². The normalized spacial score (nSPS) is 10.5. The molecule has 1 aromatic rings. The second-order valence-electron chi connectivity index (χ2n) is 4.86. The van der Waals surface area contributed by atoms with Gasteiger partial charge in [-0.3, -0.25) is 9.59 Å². The third-order valence-electron chi connectivity index (χ3n) is 2.40. The fourth-order valence-corrected chi connectivity index (χ4v) is 1.58. The Kier molecular flexibility index (Phi) is 7.39. The highest BCUT2D eigenvalue weighted by Gasteiger charge is 2.08. The Morgan fingerprint density at radius 3 is 2.82 bits per heavy atom. The van der Waals surface area contributed by atoms with Crippen LogP contribution in [0.2, 0.25) is 0 Å². The average Bonchev–Trinajstić information content (AvgIpc) is 2.44. The average molecular weight is 303 g/mol. The summed E-state index contributed by atoms with van der Waals surface area (Å²) in [6.45, 7) is 7.65. The minimum absolute atomic E-state index is 0.00195. The summed E-state index contributed by atoms with van der Waals surface area (Å²) in [4.78, 5) is 22.9. The third kappa shape index (κ3) is 7.23. The van der Waals surface area contributed by atoms with Crippen molar-refractivity contribution in [1.82, 2.24) is 10.7 Å². The summed E-state index contributed by atoms with van der Waals surface area (Å²) in [6.07, 6.45) is 2.89. The second kappa shape index (κ2) is 9.33. The van der Waals surface area contributed by atoms with Crippen molar-refractivity contribution in [1.29, 1.82) is 0 Å². The molecule has 0 aromatic heterocycles. The predicted octanol–water partition coefficient (Wildman–Crippen LogP) is 1.62. The number of hydrogen-bond acceptors (Lipinski definition) is 4. The third-order valence-corrected chi connectivity index (χ3v) is 2.40. The van der Waals surface area contributed by atoms with Crippen molar-refractivity contribution in [3.05, 3.63) is 42.5 Å². The van der Waals surface area contributed by atoms with Crippen LogP contribution >= 0.6 is 0 Å². The van der Waals surface area contributed by atoms with Crippen molar-refractivity contribution < 1.29 is 14.3 Å². The van der Waals surface area contributed by atoms with E-state index in [1.807, 2.05) is 32.0 Å². The number of carbonyl (C=O) groups is 2.